The third-order valence-corrected chi connectivity index (χ3v) is 3.06. The van der Waals surface area contributed by atoms with Crippen LogP contribution >= 0.6 is 0 Å². The Kier molecular flexibility index (Phi) is 3.98. The molecular formula is C12H20N4O2. The zero-order chi connectivity index (χ0) is 13.1. The zero-order valence-electron chi connectivity index (χ0n) is 10.8. The SMILES string of the molecule is CC(C)c1cc(NC(=O)CN2CC[C@@H](N)C2)on1. The first kappa shape index (κ1) is 13.0. The molecule has 1 saturated heterocycles. The minimum absolute atomic E-state index is 0.0874. The molecular weight excluding hydrogens is 232 g/mol. The van der Waals surface area contributed by atoms with Crippen LogP contribution in [0, 0.1) is 0 Å². The van der Waals surface area contributed by atoms with E-state index >= 15 is 0 Å². The van der Waals surface area contributed by atoms with Crippen LogP contribution in [-0.2, 0) is 4.79 Å². The standard InChI is InChI=1S/C12H20N4O2/c1-8(2)10-5-12(18-15-10)14-11(17)7-16-4-3-9(13)6-16/h5,8-9H,3-4,6-7,13H2,1-2H3,(H,14,17)/t9-/m1/s1. The number of nitrogens with two attached hydrogens (primary N) is 1. The Labute approximate surface area is 106 Å². The Balaban J connectivity index is 1.83. The van der Waals surface area contributed by atoms with Gasteiger partial charge >= 0.3 is 0 Å². The lowest BCUT2D eigenvalue weighted by Gasteiger charge is -2.13. The van der Waals surface area contributed by atoms with Crippen LogP contribution in [0.15, 0.2) is 10.6 Å². The van der Waals surface area contributed by atoms with E-state index in [4.69, 9.17) is 10.3 Å². The van der Waals surface area contributed by atoms with Crippen molar-refractivity contribution < 1.29 is 9.32 Å². The lowest BCUT2D eigenvalue weighted by atomic mass is 10.1. The maximum atomic E-state index is 11.8. The highest BCUT2D eigenvalue weighted by Gasteiger charge is 2.21. The Hall–Kier alpha value is -1.40. The minimum atomic E-state index is -0.0874. The van der Waals surface area contributed by atoms with Gasteiger partial charge in [0.05, 0.1) is 12.2 Å². The molecule has 1 aliphatic heterocycles. The summed E-state index contributed by atoms with van der Waals surface area (Å²) in [6.45, 7) is 6.05. The molecule has 3 N–H and O–H groups in total. The Morgan fingerprint density at radius 1 is 1.72 bits per heavy atom. The van der Waals surface area contributed by atoms with Crippen molar-refractivity contribution in [1.29, 1.82) is 0 Å². The Morgan fingerprint density at radius 2 is 2.50 bits per heavy atom. The summed E-state index contributed by atoms with van der Waals surface area (Å²) in [5, 5.41) is 6.60. The van der Waals surface area contributed by atoms with Crippen molar-refractivity contribution >= 4 is 11.8 Å². The number of carbonyl (C=O) groups excluding carboxylic acids is 1. The van der Waals surface area contributed by atoms with Gasteiger partial charge in [-0.15, -0.1) is 0 Å². The summed E-state index contributed by atoms with van der Waals surface area (Å²) in [5.74, 6) is 0.610. The number of carbonyl (C=O) groups is 1. The van der Waals surface area contributed by atoms with Crippen LogP contribution in [-0.4, -0.2) is 41.6 Å². The smallest absolute Gasteiger partial charge is 0.240 e. The number of nitrogens with one attached hydrogen (secondary N) is 1. The Bertz CT molecular complexity index is 416. The topological polar surface area (TPSA) is 84.4 Å². The average molecular weight is 252 g/mol. The molecule has 18 heavy (non-hydrogen) atoms. The van der Waals surface area contributed by atoms with Gasteiger partial charge < -0.3 is 10.3 Å². The van der Waals surface area contributed by atoms with Crippen molar-refractivity contribution in [2.45, 2.75) is 32.2 Å². The predicted octanol–water partition coefficient (Wildman–Crippen LogP) is 0.769. The first-order valence-electron chi connectivity index (χ1n) is 6.29. The van der Waals surface area contributed by atoms with Crippen molar-refractivity contribution in [1.82, 2.24) is 10.1 Å². The molecule has 0 aliphatic carbocycles. The van der Waals surface area contributed by atoms with E-state index in [1.807, 2.05) is 18.7 Å². The van der Waals surface area contributed by atoms with E-state index in [0.29, 0.717) is 12.4 Å². The molecule has 100 valence electrons. The number of rotatable bonds is 4. The predicted molar refractivity (Wildman–Crippen MR) is 68.3 cm³/mol. The lowest BCUT2D eigenvalue weighted by Crippen LogP contribution is -2.33. The van der Waals surface area contributed by atoms with Gasteiger partial charge in [-0.3, -0.25) is 15.0 Å². The monoisotopic (exact) mass is 252 g/mol. The molecule has 1 aliphatic rings. The van der Waals surface area contributed by atoms with Crippen LogP contribution in [0.4, 0.5) is 5.88 Å². The van der Waals surface area contributed by atoms with E-state index in [2.05, 4.69) is 10.5 Å². The van der Waals surface area contributed by atoms with Gasteiger partial charge in [-0.25, -0.2) is 0 Å². The molecule has 1 amide bonds. The summed E-state index contributed by atoms with van der Waals surface area (Å²) in [6.07, 6.45) is 0.951. The summed E-state index contributed by atoms with van der Waals surface area (Å²) in [7, 11) is 0. The molecule has 1 fully saturated rings. The number of aromatic nitrogens is 1. The molecule has 1 aromatic rings. The van der Waals surface area contributed by atoms with E-state index in [1.54, 1.807) is 6.07 Å². The highest BCUT2D eigenvalue weighted by atomic mass is 16.5. The minimum Gasteiger partial charge on any atom is -0.338 e. The number of hydrogen-bond acceptors (Lipinski definition) is 5. The lowest BCUT2D eigenvalue weighted by molar-refractivity contribution is -0.117. The van der Waals surface area contributed by atoms with Gasteiger partial charge in [-0.2, -0.15) is 0 Å². The summed E-state index contributed by atoms with van der Waals surface area (Å²) >= 11 is 0. The fourth-order valence-corrected chi connectivity index (χ4v) is 2.01. The summed E-state index contributed by atoms with van der Waals surface area (Å²) in [4.78, 5) is 13.8. The van der Waals surface area contributed by atoms with E-state index in [1.165, 1.54) is 0 Å². The van der Waals surface area contributed by atoms with E-state index in [-0.39, 0.29) is 17.9 Å². The molecule has 0 radical (unpaired) electrons. The highest BCUT2D eigenvalue weighted by Crippen LogP contribution is 2.17. The second kappa shape index (κ2) is 5.49. The van der Waals surface area contributed by atoms with Crippen molar-refractivity contribution in [2.75, 3.05) is 25.0 Å². The van der Waals surface area contributed by atoms with Gasteiger partial charge in [0.1, 0.15) is 0 Å². The van der Waals surface area contributed by atoms with Gasteiger partial charge in [-0.1, -0.05) is 19.0 Å². The van der Waals surface area contributed by atoms with Gasteiger partial charge in [-0.05, 0) is 12.3 Å². The van der Waals surface area contributed by atoms with Gasteiger partial charge in [0.2, 0.25) is 11.8 Å². The summed E-state index contributed by atoms with van der Waals surface area (Å²) < 4.78 is 5.06. The quantitative estimate of drug-likeness (QED) is 0.826. The van der Waals surface area contributed by atoms with Crippen LogP contribution in [0.2, 0.25) is 0 Å². The van der Waals surface area contributed by atoms with Crippen LogP contribution in [0.1, 0.15) is 31.9 Å². The van der Waals surface area contributed by atoms with Crippen molar-refractivity contribution in [2.24, 2.45) is 5.73 Å². The molecule has 0 unspecified atom stereocenters. The molecule has 0 aromatic carbocycles. The van der Waals surface area contributed by atoms with Crippen molar-refractivity contribution in [3.8, 4) is 0 Å². The number of likely N-dealkylation sites (tertiary alicyclic amines) is 1. The maximum absolute atomic E-state index is 11.8. The number of anilines is 1. The number of amides is 1. The summed E-state index contributed by atoms with van der Waals surface area (Å²) in [5.41, 5.74) is 6.63. The largest absolute Gasteiger partial charge is 0.338 e. The highest BCUT2D eigenvalue weighted by molar-refractivity contribution is 5.91. The van der Waals surface area contributed by atoms with E-state index in [0.717, 1.165) is 25.2 Å². The summed E-state index contributed by atoms with van der Waals surface area (Å²) in [6, 6.07) is 1.95. The van der Waals surface area contributed by atoms with Gasteiger partial charge in [0, 0.05) is 25.2 Å². The van der Waals surface area contributed by atoms with Gasteiger partial charge in [0.15, 0.2) is 0 Å². The zero-order valence-corrected chi connectivity index (χ0v) is 10.8. The first-order valence-corrected chi connectivity index (χ1v) is 6.29. The molecule has 6 heteroatoms. The molecule has 0 spiro atoms. The maximum Gasteiger partial charge on any atom is 0.240 e. The van der Waals surface area contributed by atoms with Crippen LogP contribution < -0.4 is 11.1 Å². The average Bonchev–Trinajstić information content (AvgIpc) is 2.88. The third kappa shape index (κ3) is 3.30. The number of nitrogens with zero attached hydrogens (tertiary/aromatic N) is 2. The molecule has 0 saturated carbocycles. The van der Waals surface area contributed by atoms with Gasteiger partial charge in [0.25, 0.3) is 0 Å². The molecule has 0 bridgehead atoms. The molecule has 2 heterocycles. The van der Waals surface area contributed by atoms with Crippen molar-refractivity contribution in [3.63, 3.8) is 0 Å². The third-order valence-electron chi connectivity index (χ3n) is 3.06. The van der Waals surface area contributed by atoms with Crippen LogP contribution in [0.25, 0.3) is 0 Å². The molecule has 2 rings (SSSR count). The van der Waals surface area contributed by atoms with E-state index < -0.39 is 0 Å². The van der Waals surface area contributed by atoms with Crippen LogP contribution in [0.5, 0.6) is 0 Å². The first-order chi connectivity index (χ1) is 8.54. The fraction of sp³-hybridized carbons (Fsp3) is 0.667. The van der Waals surface area contributed by atoms with Crippen LogP contribution in [0.3, 0.4) is 0 Å². The van der Waals surface area contributed by atoms with Crippen molar-refractivity contribution in [3.05, 3.63) is 11.8 Å². The molecule has 1 atom stereocenters. The number of hydrogen-bond donors (Lipinski definition) is 2. The Morgan fingerprint density at radius 3 is 3.06 bits per heavy atom. The molecule has 6 nitrogen and oxygen atoms in total. The second-order valence-corrected chi connectivity index (χ2v) is 5.10. The second-order valence-electron chi connectivity index (χ2n) is 5.10. The fourth-order valence-electron chi connectivity index (χ4n) is 2.01. The van der Waals surface area contributed by atoms with E-state index in [9.17, 15) is 4.79 Å². The molecule has 1 aromatic heterocycles. The normalized spacial score (nSPS) is 20.6.